The van der Waals surface area contributed by atoms with Crippen LogP contribution in [0.25, 0.3) is 0 Å². The van der Waals surface area contributed by atoms with E-state index in [1.807, 2.05) is 21.1 Å². The second kappa shape index (κ2) is 43.2. The van der Waals surface area contributed by atoms with E-state index >= 15 is 0 Å². The standard InChI is InChI=1S/C52H95NO7/c1-6-8-10-12-14-16-18-20-22-23-24-25-26-27-29-30-32-34-36-38-40-42-50(54)59-47-48(46-58-45-44-49(52(56)57)53(3,4)5)60-51(55)43-41-39-37-35-33-31-28-21-19-17-15-13-11-9-7-2/h8,10,14,16-17,19,48-49H,6-7,9,11-13,15,18,20-47H2,1-5H3/p+1/b10-8+,16-14+,19-17+. The van der Waals surface area contributed by atoms with E-state index in [-0.39, 0.29) is 36.2 Å². The summed E-state index contributed by atoms with van der Waals surface area (Å²) in [4.78, 5) is 37.1. The van der Waals surface area contributed by atoms with Gasteiger partial charge in [-0.05, 0) is 64.2 Å². The monoisotopic (exact) mass is 847 g/mol. The van der Waals surface area contributed by atoms with Crippen LogP contribution in [0.2, 0.25) is 0 Å². The number of hydrogen-bond donors (Lipinski definition) is 1. The Morgan fingerprint density at radius 1 is 0.517 bits per heavy atom. The summed E-state index contributed by atoms with van der Waals surface area (Å²) in [6, 6.07) is -0.614. The molecule has 0 aromatic heterocycles. The smallest absolute Gasteiger partial charge is 0.362 e. The number of likely N-dealkylation sites (N-methyl/N-ethyl adjacent to an activating group) is 1. The molecule has 0 aliphatic rings. The van der Waals surface area contributed by atoms with Gasteiger partial charge in [0.05, 0.1) is 34.4 Å². The molecule has 8 nitrogen and oxygen atoms in total. The topological polar surface area (TPSA) is 99.1 Å². The number of carboxylic acid groups (broad SMARTS) is 1. The van der Waals surface area contributed by atoms with Crippen LogP contribution in [0.1, 0.15) is 226 Å². The average molecular weight is 847 g/mol. The average Bonchev–Trinajstić information content (AvgIpc) is 3.21. The lowest BCUT2D eigenvalue weighted by Gasteiger charge is -2.31. The zero-order chi connectivity index (χ0) is 44.2. The molecule has 2 atom stereocenters. The van der Waals surface area contributed by atoms with E-state index in [0.717, 1.165) is 51.4 Å². The van der Waals surface area contributed by atoms with Gasteiger partial charge in [0.25, 0.3) is 0 Å². The van der Waals surface area contributed by atoms with Gasteiger partial charge in [-0.1, -0.05) is 179 Å². The van der Waals surface area contributed by atoms with Crippen molar-refractivity contribution in [2.75, 3.05) is 41.0 Å². The van der Waals surface area contributed by atoms with E-state index in [1.54, 1.807) is 0 Å². The molecule has 8 heteroatoms. The number of allylic oxidation sites excluding steroid dienone is 6. The van der Waals surface area contributed by atoms with Gasteiger partial charge in [0.15, 0.2) is 12.1 Å². The van der Waals surface area contributed by atoms with Crippen molar-refractivity contribution in [1.29, 1.82) is 0 Å². The molecular formula is C52H96NO7+. The molecule has 0 heterocycles. The van der Waals surface area contributed by atoms with Crippen LogP contribution >= 0.6 is 0 Å². The van der Waals surface area contributed by atoms with E-state index in [4.69, 9.17) is 14.2 Å². The summed E-state index contributed by atoms with van der Waals surface area (Å²) in [5.74, 6) is -1.46. The summed E-state index contributed by atoms with van der Waals surface area (Å²) < 4.78 is 17.3. The number of unbranched alkanes of at least 4 members (excludes halogenated alkanes) is 25. The molecule has 0 bridgehead atoms. The zero-order valence-corrected chi connectivity index (χ0v) is 39.9. The van der Waals surface area contributed by atoms with E-state index in [0.29, 0.717) is 19.3 Å². The van der Waals surface area contributed by atoms with Crippen molar-refractivity contribution in [2.24, 2.45) is 0 Å². The Morgan fingerprint density at radius 3 is 1.38 bits per heavy atom. The van der Waals surface area contributed by atoms with Gasteiger partial charge in [0.2, 0.25) is 0 Å². The van der Waals surface area contributed by atoms with Crippen LogP contribution in [0, 0.1) is 0 Å². The van der Waals surface area contributed by atoms with Crippen molar-refractivity contribution < 1.29 is 38.2 Å². The van der Waals surface area contributed by atoms with Crippen molar-refractivity contribution in [1.82, 2.24) is 0 Å². The Bertz CT molecular complexity index is 1080. The summed E-state index contributed by atoms with van der Waals surface area (Å²) >= 11 is 0. The first kappa shape index (κ1) is 57.5. The summed E-state index contributed by atoms with van der Waals surface area (Å²) in [5.41, 5.74) is 0. The van der Waals surface area contributed by atoms with E-state index < -0.39 is 18.1 Å². The van der Waals surface area contributed by atoms with Crippen LogP contribution in [0.15, 0.2) is 36.5 Å². The molecule has 1 N–H and O–H groups in total. The van der Waals surface area contributed by atoms with Gasteiger partial charge < -0.3 is 23.8 Å². The fourth-order valence-electron chi connectivity index (χ4n) is 7.42. The Balaban J connectivity index is 4.21. The van der Waals surface area contributed by atoms with Crippen LogP contribution in [-0.2, 0) is 28.6 Å². The van der Waals surface area contributed by atoms with Gasteiger partial charge in [0, 0.05) is 19.3 Å². The van der Waals surface area contributed by atoms with Crippen LogP contribution < -0.4 is 0 Å². The molecule has 0 aliphatic carbocycles. The van der Waals surface area contributed by atoms with Crippen molar-refractivity contribution in [2.45, 2.75) is 238 Å². The lowest BCUT2D eigenvalue weighted by molar-refractivity contribution is -0.887. The molecule has 2 unspecified atom stereocenters. The summed E-state index contributed by atoms with van der Waals surface area (Å²) in [5, 5.41) is 9.64. The van der Waals surface area contributed by atoms with Crippen molar-refractivity contribution in [3.8, 4) is 0 Å². The highest BCUT2D eigenvalue weighted by atomic mass is 16.6. The fourth-order valence-corrected chi connectivity index (χ4v) is 7.42. The van der Waals surface area contributed by atoms with Crippen molar-refractivity contribution in [3.05, 3.63) is 36.5 Å². The normalized spacial score (nSPS) is 13.2. The third kappa shape index (κ3) is 40.9. The second-order valence-electron chi connectivity index (χ2n) is 18.0. The maximum atomic E-state index is 12.8. The molecule has 350 valence electrons. The van der Waals surface area contributed by atoms with Gasteiger partial charge in [-0.15, -0.1) is 0 Å². The number of carbonyl (C=O) groups excluding carboxylic acids is 2. The van der Waals surface area contributed by atoms with E-state index in [1.165, 1.54) is 141 Å². The Kier molecular flexibility index (Phi) is 41.4. The minimum Gasteiger partial charge on any atom is -0.477 e. The molecule has 0 rings (SSSR count). The molecule has 0 fully saturated rings. The Morgan fingerprint density at radius 2 is 0.933 bits per heavy atom. The number of esters is 2. The fraction of sp³-hybridized carbons (Fsp3) is 0.827. The second-order valence-corrected chi connectivity index (χ2v) is 18.0. The van der Waals surface area contributed by atoms with Gasteiger partial charge in [-0.25, -0.2) is 4.79 Å². The third-order valence-corrected chi connectivity index (χ3v) is 11.3. The molecule has 0 saturated carbocycles. The van der Waals surface area contributed by atoms with Crippen molar-refractivity contribution in [3.63, 3.8) is 0 Å². The Hall–Kier alpha value is -2.45. The minimum atomic E-state index is -0.874. The molecule has 60 heavy (non-hydrogen) atoms. The molecule has 0 aliphatic heterocycles. The number of carbonyl (C=O) groups is 3. The summed E-state index contributed by atoms with van der Waals surface area (Å²) in [6.07, 6.45) is 50.5. The van der Waals surface area contributed by atoms with E-state index in [2.05, 4.69) is 50.3 Å². The molecular weight excluding hydrogens is 751 g/mol. The van der Waals surface area contributed by atoms with Crippen LogP contribution in [-0.4, -0.2) is 80.6 Å². The first-order valence-electron chi connectivity index (χ1n) is 25.0. The number of rotatable bonds is 45. The number of carboxylic acids is 1. The van der Waals surface area contributed by atoms with Crippen LogP contribution in [0.4, 0.5) is 0 Å². The van der Waals surface area contributed by atoms with Crippen LogP contribution in [0.3, 0.4) is 0 Å². The van der Waals surface area contributed by atoms with Gasteiger partial charge in [0.1, 0.15) is 6.61 Å². The maximum absolute atomic E-state index is 12.8. The first-order valence-corrected chi connectivity index (χ1v) is 25.0. The lowest BCUT2D eigenvalue weighted by atomic mass is 10.0. The van der Waals surface area contributed by atoms with Gasteiger partial charge in [-0.3, -0.25) is 9.59 Å². The summed E-state index contributed by atoms with van der Waals surface area (Å²) in [7, 11) is 5.54. The highest BCUT2D eigenvalue weighted by Gasteiger charge is 2.31. The number of quaternary nitrogens is 1. The SMILES string of the molecule is CC/C=C/C/C=C/CCCCCCCCCCCCCCCCC(=O)OCC(COCCC(C(=O)O)[N+](C)(C)C)OC(=O)CCCCCCCCC/C=C/CCCCCC. The predicted octanol–water partition coefficient (Wildman–Crippen LogP) is 14.2. The Labute approximate surface area is 370 Å². The van der Waals surface area contributed by atoms with Crippen molar-refractivity contribution >= 4 is 17.9 Å². The largest absolute Gasteiger partial charge is 0.477 e. The van der Waals surface area contributed by atoms with Gasteiger partial charge >= 0.3 is 17.9 Å². The molecule has 0 radical (unpaired) electrons. The zero-order valence-electron chi connectivity index (χ0n) is 39.9. The third-order valence-electron chi connectivity index (χ3n) is 11.3. The molecule has 0 aromatic rings. The quantitative estimate of drug-likeness (QED) is 0.0282. The van der Waals surface area contributed by atoms with Crippen LogP contribution in [0.5, 0.6) is 0 Å². The van der Waals surface area contributed by atoms with Gasteiger partial charge in [-0.2, -0.15) is 0 Å². The van der Waals surface area contributed by atoms with E-state index in [9.17, 15) is 19.5 Å². The highest BCUT2D eigenvalue weighted by molar-refractivity contribution is 5.72. The number of hydrogen-bond acceptors (Lipinski definition) is 6. The predicted molar refractivity (Wildman–Crippen MR) is 252 cm³/mol. The first-order chi connectivity index (χ1) is 29.1. The molecule has 0 saturated heterocycles. The molecule has 0 spiro atoms. The number of ether oxygens (including phenoxy) is 3. The molecule has 0 aromatic carbocycles. The summed E-state index contributed by atoms with van der Waals surface area (Å²) in [6.45, 7) is 4.64. The molecule has 0 amide bonds. The maximum Gasteiger partial charge on any atom is 0.362 e. The minimum absolute atomic E-state index is 0.0503. The number of aliphatic carboxylic acids is 1. The number of nitrogens with zero attached hydrogens (tertiary/aromatic N) is 1. The highest BCUT2D eigenvalue weighted by Crippen LogP contribution is 2.16. The lowest BCUT2D eigenvalue weighted by Crippen LogP contribution is -2.50.